The minimum atomic E-state index is -0.529. The number of nitro benzene ring substituents is 1. The Bertz CT molecular complexity index is 500. The van der Waals surface area contributed by atoms with Crippen LogP contribution in [0.5, 0.6) is 0 Å². The number of rotatable bonds is 4. The normalized spacial score (nSPS) is 19.4. The second-order valence-electron chi connectivity index (χ2n) is 4.71. The predicted molar refractivity (Wildman–Crippen MR) is 73.7 cm³/mol. The molecular formula is C13H17N3O4. The van der Waals surface area contributed by atoms with Crippen LogP contribution >= 0.6 is 0 Å². The van der Waals surface area contributed by atoms with E-state index < -0.39 is 11.0 Å². The molecule has 1 aromatic rings. The summed E-state index contributed by atoms with van der Waals surface area (Å²) in [5.74, 6) is 0. The lowest BCUT2D eigenvalue weighted by Crippen LogP contribution is -2.43. The van der Waals surface area contributed by atoms with Crippen molar-refractivity contribution < 1.29 is 14.5 Å². The molecule has 2 N–H and O–H groups in total. The molecule has 1 fully saturated rings. The first kappa shape index (κ1) is 14.3. The van der Waals surface area contributed by atoms with E-state index in [1.807, 2.05) is 6.92 Å². The minimum Gasteiger partial charge on any atom is -0.376 e. The van der Waals surface area contributed by atoms with Crippen LogP contribution in [0.1, 0.15) is 19.8 Å². The van der Waals surface area contributed by atoms with E-state index in [2.05, 4.69) is 10.6 Å². The molecule has 2 atom stereocenters. The summed E-state index contributed by atoms with van der Waals surface area (Å²) in [4.78, 5) is 22.2. The van der Waals surface area contributed by atoms with Crippen molar-refractivity contribution in [3.05, 3.63) is 34.4 Å². The summed E-state index contributed by atoms with van der Waals surface area (Å²) in [7, 11) is 0. The molecule has 1 aromatic carbocycles. The van der Waals surface area contributed by atoms with Gasteiger partial charge in [0.25, 0.3) is 5.69 Å². The van der Waals surface area contributed by atoms with Crippen LogP contribution in [0.3, 0.4) is 0 Å². The highest BCUT2D eigenvalue weighted by atomic mass is 16.6. The SMILES string of the molecule is C[C@@H](NC(=O)Nc1ccccc1[N+](=O)[O-])[C@@H]1CCCO1. The van der Waals surface area contributed by atoms with Crippen LogP contribution in [0, 0.1) is 10.1 Å². The summed E-state index contributed by atoms with van der Waals surface area (Å²) in [6, 6.07) is 5.41. The van der Waals surface area contributed by atoms with Crippen molar-refractivity contribution >= 4 is 17.4 Å². The molecule has 20 heavy (non-hydrogen) atoms. The molecule has 1 heterocycles. The van der Waals surface area contributed by atoms with Crippen LogP contribution in [-0.2, 0) is 4.74 Å². The van der Waals surface area contributed by atoms with Crippen molar-refractivity contribution in [2.75, 3.05) is 11.9 Å². The largest absolute Gasteiger partial charge is 0.376 e. The standard InChI is InChI=1S/C13H17N3O4/c1-9(12-7-4-8-20-12)14-13(17)15-10-5-2-3-6-11(10)16(18)19/h2-3,5-6,9,12H,4,7-8H2,1H3,(H2,14,15,17)/t9-,12+/m1/s1. The van der Waals surface area contributed by atoms with Crippen molar-refractivity contribution in [2.45, 2.75) is 31.9 Å². The smallest absolute Gasteiger partial charge is 0.319 e. The number of amides is 2. The molecule has 0 saturated carbocycles. The van der Waals surface area contributed by atoms with Crippen LogP contribution in [-0.4, -0.2) is 29.7 Å². The predicted octanol–water partition coefficient (Wildman–Crippen LogP) is 2.28. The lowest BCUT2D eigenvalue weighted by Gasteiger charge is -2.20. The summed E-state index contributed by atoms with van der Waals surface area (Å²) in [6.07, 6.45) is 1.90. The maximum atomic E-state index is 11.9. The zero-order chi connectivity index (χ0) is 14.5. The second kappa shape index (κ2) is 6.33. The topological polar surface area (TPSA) is 93.5 Å². The van der Waals surface area contributed by atoms with Gasteiger partial charge in [-0.05, 0) is 25.8 Å². The average Bonchev–Trinajstić information content (AvgIpc) is 2.92. The lowest BCUT2D eigenvalue weighted by atomic mass is 10.1. The summed E-state index contributed by atoms with van der Waals surface area (Å²) in [6.45, 7) is 2.57. The summed E-state index contributed by atoms with van der Waals surface area (Å²) < 4.78 is 5.48. The third-order valence-corrected chi connectivity index (χ3v) is 3.23. The molecule has 1 saturated heterocycles. The summed E-state index contributed by atoms with van der Waals surface area (Å²) in [5, 5.41) is 16.1. The molecule has 0 unspecified atom stereocenters. The van der Waals surface area contributed by atoms with Crippen LogP contribution in [0.25, 0.3) is 0 Å². The van der Waals surface area contributed by atoms with Crippen molar-refractivity contribution in [2.24, 2.45) is 0 Å². The van der Waals surface area contributed by atoms with Gasteiger partial charge in [0.1, 0.15) is 5.69 Å². The van der Waals surface area contributed by atoms with Crippen LogP contribution < -0.4 is 10.6 Å². The van der Waals surface area contributed by atoms with Gasteiger partial charge >= 0.3 is 6.03 Å². The van der Waals surface area contributed by atoms with Gasteiger partial charge < -0.3 is 15.4 Å². The number of anilines is 1. The number of benzene rings is 1. The van der Waals surface area contributed by atoms with Gasteiger partial charge in [-0.25, -0.2) is 4.79 Å². The summed E-state index contributed by atoms with van der Waals surface area (Å²) in [5.41, 5.74) is 0.0435. The van der Waals surface area contributed by atoms with E-state index in [1.165, 1.54) is 12.1 Å². The number of nitro groups is 1. The number of ether oxygens (including phenoxy) is 1. The van der Waals surface area contributed by atoms with Crippen LogP contribution in [0.15, 0.2) is 24.3 Å². The third kappa shape index (κ3) is 3.45. The van der Waals surface area contributed by atoms with Gasteiger partial charge in [-0.1, -0.05) is 12.1 Å². The average molecular weight is 279 g/mol. The Hall–Kier alpha value is -2.15. The first-order chi connectivity index (χ1) is 9.58. The number of carbonyl (C=O) groups is 1. The molecular weight excluding hydrogens is 262 g/mol. The lowest BCUT2D eigenvalue weighted by molar-refractivity contribution is -0.383. The molecule has 0 aromatic heterocycles. The molecule has 7 heteroatoms. The van der Waals surface area contributed by atoms with Crippen molar-refractivity contribution in [3.63, 3.8) is 0 Å². The van der Waals surface area contributed by atoms with E-state index in [0.29, 0.717) is 6.61 Å². The van der Waals surface area contributed by atoms with Gasteiger partial charge in [0.15, 0.2) is 0 Å². The quantitative estimate of drug-likeness (QED) is 0.653. The molecule has 0 radical (unpaired) electrons. The monoisotopic (exact) mass is 279 g/mol. The number of hydrogen-bond donors (Lipinski definition) is 2. The minimum absolute atomic E-state index is 0.00603. The number of carbonyl (C=O) groups excluding carboxylic acids is 1. The van der Waals surface area contributed by atoms with Gasteiger partial charge in [-0.2, -0.15) is 0 Å². The zero-order valence-electron chi connectivity index (χ0n) is 11.2. The van der Waals surface area contributed by atoms with Gasteiger partial charge in [0.2, 0.25) is 0 Å². The fourth-order valence-corrected chi connectivity index (χ4v) is 2.19. The van der Waals surface area contributed by atoms with E-state index >= 15 is 0 Å². The van der Waals surface area contributed by atoms with E-state index in [0.717, 1.165) is 12.8 Å². The Morgan fingerprint density at radius 1 is 1.50 bits per heavy atom. The molecule has 108 valence electrons. The van der Waals surface area contributed by atoms with E-state index in [-0.39, 0.29) is 23.5 Å². The molecule has 1 aliphatic heterocycles. The van der Waals surface area contributed by atoms with Crippen molar-refractivity contribution in [1.82, 2.24) is 5.32 Å². The van der Waals surface area contributed by atoms with E-state index in [4.69, 9.17) is 4.74 Å². The Morgan fingerprint density at radius 3 is 2.90 bits per heavy atom. The maximum absolute atomic E-state index is 11.9. The highest BCUT2D eigenvalue weighted by Crippen LogP contribution is 2.23. The molecule has 2 rings (SSSR count). The van der Waals surface area contributed by atoms with Crippen LogP contribution in [0.4, 0.5) is 16.2 Å². The Balaban J connectivity index is 1.96. The van der Waals surface area contributed by atoms with Gasteiger partial charge in [0.05, 0.1) is 17.1 Å². The molecule has 0 spiro atoms. The molecule has 7 nitrogen and oxygen atoms in total. The van der Waals surface area contributed by atoms with Gasteiger partial charge in [-0.15, -0.1) is 0 Å². The van der Waals surface area contributed by atoms with E-state index in [9.17, 15) is 14.9 Å². The highest BCUT2D eigenvalue weighted by molar-refractivity contribution is 5.91. The fraction of sp³-hybridized carbons (Fsp3) is 0.462. The Labute approximate surface area is 116 Å². The molecule has 0 aliphatic carbocycles. The third-order valence-electron chi connectivity index (χ3n) is 3.23. The zero-order valence-corrected chi connectivity index (χ0v) is 11.2. The number of nitrogens with one attached hydrogen (secondary N) is 2. The fourth-order valence-electron chi connectivity index (χ4n) is 2.19. The Morgan fingerprint density at radius 2 is 2.25 bits per heavy atom. The highest BCUT2D eigenvalue weighted by Gasteiger charge is 2.24. The molecule has 1 aliphatic rings. The summed E-state index contributed by atoms with van der Waals surface area (Å²) >= 11 is 0. The number of nitrogens with zero attached hydrogens (tertiary/aromatic N) is 1. The second-order valence-corrected chi connectivity index (χ2v) is 4.71. The van der Waals surface area contributed by atoms with Crippen LogP contribution in [0.2, 0.25) is 0 Å². The molecule has 0 bridgehead atoms. The molecule has 2 amide bonds. The van der Waals surface area contributed by atoms with Gasteiger partial charge in [0, 0.05) is 12.7 Å². The van der Waals surface area contributed by atoms with Gasteiger partial charge in [-0.3, -0.25) is 10.1 Å². The number of para-hydroxylation sites is 2. The Kier molecular flexibility index (Phi) is 4.52. The van der Waals surface area contributed by atoms with Crippen molar-refractivity contribution in [3.8, 4) is 0 Å². The number of urea groups is 1. The van der Waals surface area contributed by atoms with Crippen molar-refractivity contribution in [1.29, 1.82) is 0 Å². The van der Waals surface area contributed by atoms with E-state index in [1.54, 1.807) is 12.1 Å². The first-order valence-corrected chi connectivity index (χ1v) is 6.50. The number of hydrogen-bond acceptors (Lipinski definition) is 4. The first-order valence-electron chi connectivity index (χ1n) is 6.50. The maximum Gasteiger partial charge on any atom is 0.319 e.